The molecule has 0 spiro atoms. The van der Waals surface area contributed by atoms with Crippen molar-refractivity contribution >= 4 is 0 Å². The van der Waals surface area contributed by atoms with Crippen LogP contribution in [0.15, 0.2) is 24.3 Å². The van der Waals surface area contributed by atoms with Crippen LogP contribution in [0.1, 0.15) is 24.2 Å². The Morgan fingerprint density at radius 2 is 2.00 bits per heavy atom. The van der Waals surface area contributed by atoms with Crippen LogP contribution in [0.5, 0.6) is 0 Å². The molecule has 4 heteroatoms. The molecule has 1 aliphatic heterocycles. The first-order valence-corrected chi connectivity index (χ1v) is 6.24. The summed E-state index contributed by atoms with van der Waals surface area (Å²) in [6.07, 6.45) is 3.23. The number of nitrogens with zero attached hydrogens (tertiary/aromatic N) is 2. The number of rotatable bonds is 2. The van der Waals surface area contributed by atoms with Crippen molar-refractivity contribution in [2.24, 2.45) is 0 Å². The Hall–Kier alpha value is -1.68. The van der Waals surface area contributed by atoms with E-state index in [0.717, 1.165) is 48.6 Å². The molecule has 0 aliphatic carbocycles. The summed E-state index contributed by atoms with van der Waals surface area (Å²) in [5.41, 5.74) is 2.79. The summed E-state index contributed by atoms with van der Waals surface area (Å²) in [4.78, 5) is 4.50. The Morgan fingerprint density at radius 3 is 2.72 bits per heavy atom. The summed E-state index contributed by atoms with van der Waals surface area (Å²) in [5.74, 6) is 0.598. The average molecular weight is 246 g/mol. The van der Waals surface area contributed by atoms with E-state index in [1.807, 2.05) is 0 Å². The number of hydrogen-bond donors (Lipinski definition) is 1. The van der Waals surface area contributed by atoms with Crippen molar-refractivity contribution < 1.29 is 9.50 Å². The van der Waals surface area contributed by atoms with Gasteiger partial charge in [0, 0.05) is 17.8 Å². The smallest absolute Gasteiger partial charge is 0.140 e. The Kier molecular flexibility index (Phi) is 2.88. The van der Waals surface area contributed by atoms with Crippen molar-refractivity contribution in [2.45, 2.75) is 32.4 Å². The fourth-order valence-corrected chi connectivity index (χ4v) is 2.56. The van der Waals surface area contributed by atoms with Crippen LogP contribution in [0.25, 0.3) is 11.4 Å². The lowest BCUT2D eigenvalue weighted by atomic mass is 10.1. The molecule has 1 aromatic carbocycles. The highest BCUT2D eigenvalue weighted by Crippen LogP contribution is 2.27. The van der Waals surface area contributed by atoms with Gasteiger partial charge in [-0.25, -0.2) is 9.37 Å². The molecule has 94 valence electrons. The van der Waals surface area contributed by atoms with Crippen molar-refractivity contribution in [2.75, 3.05) is 0 Å². The number of fused-ring (bicyclic) bond motifs is 1. The number of benzene rings is 1. The van der Waals surface area contributed by atoms with Crippen LogP contribution in [0, 0.1) is 5.82 Å². The van der Waals surface area contributed by atoms with Gasteiger partial charge in [-0.15, -0.1) is 0 Å². The SMILES string of the molecule is OCc1nc(-c2ccc(F)cc2)n2c1CCCC2. The van der Waals surface area contributed by atoms with Crippen LogP contribution in [-0.4, -0.2) is 14.7 Å². The fraction of sp³-hybridized carbons (Fsp3) is 0.357. The van der Waals surface area contributed by atoms with E-state index in [1.54, 1.807) is 12.1 Å². The molecular weight excluding hydrogens is 231 g/mol. The average Bonchev–Trinajstić information content (AvgIpc) is 2.79. The maximum Gasteiger partial charge on any atom is 0.140 e. The third-order valence-corrected chi connectivity index (χ3v) is 3.45. The summed E-state index contributed by atoms with van der Waals surface area (Å²) in [7, 11) is 0. The largest absolute Gasteiger partial charge is 0.390 e. The van der Waals surface area contributed by atoms with E-state index in [0.29, 0.717) is 0 Å². The van der Waals surface area contributed by atoms with E-state index in [1.165, 1.54) is 12.1 Å². The van der Waals surface area contributed by atoms with Crippen molar-refractivity contribution in [1.29, 1.82) is 0 Å². The lowest BCUT2D eigenvalue weighted by Gasteiger charge is -2.17. The highest BCUT2D eigenvalue weighted by atomic mass is 19.1. The zero-order chi connectivity index (χ0) is 12.5. The number of halogens is 1. The second kappa shape index (κ2) is 4.53. The van der Waals surface area contributed by atoms with Gasteiger partial charge in [-0.3, -0.25) is 0 Å². The lowest BCUT2D eigenvalue weighted by molar-refractivity contribution is 0.275. The highest BCUT2D eigenvalue weighted by Gasteiger charge is 2.20. The summed E-state index contributed by atoms with van der Waals surface area (Å²) in [6.45, 7) is 0.894. The number of aromatic nitrogens is 2. The standard InChI is InChI=1S/C14H15FN2O/c15-11-6-4-10(5-7-11)14-16-12(9-18)13-3-1-2-8-17(13)14/h4-7,18H,1-3,8-9H2. The summed E-state index contributed by atoms with van der Waals surface area (Å²) < 4.78 is 15.1. The van der Waals surface area contributed by atoms with Gasteiger partial charge in [-0.05, 0) is 43.5 Å². The molecule has 0 atom stereocenters. The van der Waals surface area contributed by atoms with Gasteiger partial charge < -0.3 is 9.67 Å². The van der Waals surface area contributed by atoms with Crippen LogP contribution in [0.2, 0.25) is 0 Å². The Bertz CT molecular complexity index is 560. The summed E-state index contributed by atoms with van der Waals surface area (Å²) >= 11 is 0. The maximum absolute atomic E-state index is 12.9. The van der Waals surface area contributed by atoms with Crippen LogP contribution in [-0.2, 0) is 19.6 Å². The summed E-state index contributed by atoms with van der Waals surface area (Å²) in [5, 5.41) is 9.36. The molecule has 0 bridgehead atoms. The third kappa shape index (κ3) is 1.82. The molecule has 1 aliphatic rings. The zero-order valence-electron chi connectivity index (χ0n) is 10.1. The molecule has 2 heterocycles. The quantitative estimate of drug-likeness (QED) is 0.884. The first-order valence-electron chi connectivity index (χ1n) is 6.24. The van der Waals surface area contributed by atoms with E-state index in [-0.39, 0.29) is 12.4 Å². The molecule has 2 aromatic rings. The molecular formula is C14H15FN2O. The molecule has 0 saturated heterocycles. The number of aliphatic hydroxyl groups excluding tert-OH is 1. The van der Waals surface area contributed by atoms with E-state index in [4.69, 9.17) is 0 Å². The number of imidazole rings is 1. The molecule has 0 saturated carbocycles. The van der Waals surface area contributed by atoms with Gasteiger partial charge in [0.15, 0.2) is 0 Å². The molecule has 0 amide bonds. The molecule has 18 heavy (non-hydrogen) atoms. The lowest BCUT2D eigenvalue weighted by Crippen LogP contribution is -2.12. The fourth-order valence-electron chi connectivity index (χ4n) is 2.56. The van der Waals surface area contributed by atoms with E-state index >= 15 is 0 Å². The molecule has 3 nitrogen and oxygen atoms in total. The normalized spacial score (nSPS) is 14.6. The minimum absolute atomic E-state index is 0.0312. The van der Waals surface area contributed by atoms with Gasteiger partial charge in [-0.1, -0.05) is 0 Å². The maximum atomic E-state index is 12.9. The van der Waals surface area contributed by atoms with Gasteiger partial charge in [0.25, 0.3) is 0 Å². The summed E-state index contributed by atoms with van der Waals surface area (Å²) in [6, 6.07) is 6.36. The van der Waals surface area contributed by atoms with Crippen LogP contribution < -0.4 is 0 Å². The van der Waals surface area contributed by atoms with E-state index in [9.17, 15) is 9.50 Å². The topological polar surface area (TPSA) is 38.1 Å². The first kappa shape index (κ1) is 11.4. The predicted octanol–water partition coefficient (Wildman–Crippen LogP) is 2.52. The number of aliphatic hydroxyl groups is 1. The second-order valence-corrected chi connectivity index (χ2v) is 4.60. The third-order valence-electron chi connectivity index (χ3n) is 3.45. The molecule has 1 aromatic heterocycles. The van der Waals surface area contributed by atoms with Gasteiger partial charge in [0.2, 0.25) is 0 Å². The van der Waals surface area contributed by atoms with Crippen molar-refractivity contribution in [3.8, 4) is 11.4 Å². The van der Waals surface area contributed by atoms with Gasteiger partial charge in [-0.2, -0.15) is 0 Å². The molecule has 0 fully saturated rings. The van der Waals surface area contributed by atoms with Gasteiger partial charge >= 0.3 is 0 Å². The zero-order valence-corrected chi connectivity index (χ0v) is 10.1. The first-order chi connectivity index (χ1) is 8.79. The van der Waals surface area contributed by atoms with Crippen molar-refractivity contribution in [3.63, 3.8) is 0 Å². The monoisotopic (exact) mass is 246 g/mol. The Balaban J connectivity index is 2.11. The second-order valence-electron chi connectivity index (χ2n) is 4.60. The minimum Gasteiger partial charge on any atom is -0.390 e. The van der Waals surface area contributed by atoms with Crippen molar-refractivity contribution in [1.82, 2.24) is 9.55 Å². The van der Waals surface area contributed by atoms with Crippen LogP contribution in [0.3, 0.4) is 0 Å². The minimum atomic E-state index is -0.244. The molecule has 3 rings (SSSR count). The number of hydrogen-bond acceptors (Lipinski definition) is 2. The Labute approximate surface area is 105 Å². The van der Waals surface area contributed by atoms with Crippen LogP contribution >= 0.6 is 0 Å². The van der Waals surface area contributed by atoms with Crippen LogP contribution in [0.4, 0.5) is 4.39 Å². The van der Waals surface area contributed by atoms with Gasteiger partial charge in [0.1, 0.15) is 11.6 Å². The van der Waals surface area contributed by atoms with E-state index in [2.05, 4.69) is 9.55 Å². The van der Waals surface area contributed by atoms with E-state index < -0.39 is 0 Å². The molecule has 1 N–H and O–H groups in total. The van der Waals surface area contributed by atoms with Gasteiger partial charge in [0.05, 0.1) is 12.3 Å². The predicted molar refractivity (Wildman–Crippen MR) is 66.5 cm³/mol. The molecule has 0 unspecified atom stereocenters. The van der Waals surface area contributed by atoms with Crippen molar-refractivity contribution in [3.05, 3.63) is 41.5 Å². The molecule has 0 radical (unpaired) electrons. The highest BCUT2D eigenvalue weighted by molar-refractivity contribution is 5.57. The Morgan fingerprint density at radius 1 is 1.22 bits per heavy atom.